The SMILES string of the molecule is CCCCn1c(N)c(N(C)C(=O)COc2ccccc2C)c(=O)[nH]c1=O. The number of carbonyl (C=O) groups is 1. The number of likely N-dealkylation sites (N-methyl/N-ethyl adjacent to an activating group) is 1. The maximum atomic E-state index is 12.4. The second kappa shape index (κ2) is 8.37. The molecule has 0 unspecified atom stereocenters. The van der Waals surface area contributed by atoms with Crippen LogP contribution in [0.4, 0.5) is 11.5 Å². The molecule has 0 bridgehead atoms. The number of ether oxygens (including phenoxy) is 1. The molecule has 0 radical (unpaired) electrons. The molecular weight excluding hydrogens is 336 g/mol. The Morgan fingerprint density at radius 2 is 2.00 bits per heavy atom. The van der Waals surface area contributed by atoms with Crippen molar-refractivity contribution in [1.82, 2.24) is 9.55 Å². The number of nitrogens with two attached hydrogens (primary N) is 1. The number of nitrogens with zero attached hydrogens (tertiary/aromatic N) is 2. The van der Waals surface area contributed by atoms with Crippen LogP contribution >= 0.6 is 0 Å². The third kappa shape index (κ3) is 4.14. The first-order valence-corrected chi connectivity index (χ1v) is 8.44. The molecule has 8 heteroatoms. The van der Waals surface area contributed by atoms with Gasteiger partial charge in [-0.2, -0.15) is 0 Å². The maximum absolute atomic E-state index is 12.4. The molecule has 0 fully saturated rings. The Kier molecular flexibility index (Phi) is 6.21. The summed E-state index contributed by atoms with van der Waals surface area (Å²) in [6.45, 7) is 3.96. The number of para-hydroxylation sites is 1. The first-order valence-electron chi connectivity index (χ1n) is 8.44. The van der Waals surface area contributed by atoms with Crippen molar-refractivity contribution in [3.63, 3.8) is 0 Å². The highest BCUT2D eigenvalue weighted by Gasteiger charge is 2.21. The quantitative estimate of drug-likeness (QED) is 0.772. The Morgan fingerprint density at radius 1 is 1.31 bits per heavy atom. The first-order chi connectivity index (χ1) is 12.4. The van der Waals surface area contributed by atoms with Crippen molar-refractivity contribution in [2.24, 2.45) is 0 Å². The van der Waals surface area contributed by atoms with Gasteiger partial charge in [-0.05, 0) is 25.0 Å². The van der Waals surface area contributed by atoms with Crippen LogP contribution in [0.25, 0.3) is 0 Å². The molecule has 0 aliphatic rings. The fourth-order valence-electron chi connectivity index (χ4n) is 2.52. The number of hydrogen-bond acceptors (Lipinski definition) is 5. The third-order valence-corrected chi connectivity index (χ3v) is 4.10. The minimum absolute atomic E-state index is 0.0288. The number of nitrogen functional groups attached to an aromatic ring is 1. The number of carbonyl (C=O) groups excluding carboxylic acids is 1. The lowest BCUT2D eigenvalue weighted by Crippen LogP contribution is -2.40. The summed E-state index contributed by atoms with van der Waals surface area (Å²) in [6, 6.07) is 7.31. The predicted molar refractivity (Wildman–Crippen MR) is 101 cm³/mol. The molecule has 0 spiro atoms. The van der Waals surface area contributed by atoms with Crippen molar-refractivity contribution in [2.45, 2.75) is 33.2 Å². The molecule has 1 aromatic heterocycles. The van der Waals surface area contributed by atoms with Gasteiger partial charge in [-0.25, -0.2) is 4.79 Å². The molecule has 1 aromatic carbocycles. The summed E-state index contributed by atoms with van der Waals surface area (Å²) in [5, 5.41) is 0. The van der Waals surface area contributed by atoms with Gasteiger partial charge in [-0.15, -0.1) is 0 Å². The number of hydrogen-bond donors (Lipinski definition) is 2. The monoisotopic (exact) mass is 360 g/mol. The van der Waals surface area contributed by atoms with Gasteiger partial charge in [-0.3, -0.25) is 19.1 Å². The van der Waals surface area contributed by atoms with E-state index in [0.717, 1.165) is 23.3 Å². The van der Waals surface area contributed by atoms with Gasteiger partial charge in [0.1, 0.15) is 11.6 Å². The third-order valence-electron chi connectivity index (χ3n) is 4.10. The molecule has 2 rings (SSSR count). The van der Waals surface area contributed by atoms with Gasteiger partial charge in [0.2, 0.25) is 0 Å². The lowest BCUT2D eigenvalue weighted by Gasteiger charge is -2.20. The molecule has 140 valence electrons. The summed E-state index contributed by atoms with van der Waals surface area (Å²) < 4.78 is 6.80. The average molecular weight is 360 g/mol. The average Bonchev–Trinajstić information content (AvgIpc) is 2.60. The van der Waals surface area contributed by atoms with Gasteiger partial charge >= 0.3 is 5.69 Å². The van der Waals surface area contributed by atoms with Gasteiger partial charge < -0.3 is 15.4 Å². The number of nitrogens with one attached hydrogen (secondary N) is 1. The number of anilines is 2. The van der Waals surface area contributed by atoms with E-state index in [-0.39, 0.29) is 18.1 Å². The first kappa shape index (κ1) is 19.3. The van der Waals surface area contributed by atoms with Crippen LogP contribution in [0.2, 0.25) is 0 Å². The summed E-state index contributed by atoms with van der Waals surface area (Å²) >= 11 is 0. The molecule has 8 nitrogen and oxygen atoms in total. The highest BCUT2D eigenvalue weighted by molar-refractivity contribution is 5.96. The van der Waals surface area contributed by atoms with Crippen LogP contribution in [0.5, 0.6) is 5.75 Å². The summed E-state index contributed by atoms with van der Waals surface area (Å²) in [5.41, 5.74) is 5.56. The molecule has 26 heavy (non-hydrogen) atoms. The molecule has 0 saturated carbocycles. The zero-order chi connectivity index (χ0) is 19.3. The van der Waals surface area contributed by atoms with Crippen LogP contribution < -0.4 is 26.6 Å². The minimum atomic E-state index is -0.702. The van der Waals surface area contributed by atoms with Gasteiger partial charge in [0.05, 0.1) is 0 Å². The maximum Gasteiger partial charge on any atom is 0.330 e. The van der Waals surface area contributed by atoms with E-state index < -0.39 is 17.2 Å². The lowest BCUT2D eigenvalue weighted by atomic mass is 10.2. The van der Waals surface area contributed by atoms with Crippen molar-refractivity contribution in [3.8, 4) is 5.75 Å². The van der Waals surface area contributed by atoms with Crippen LogP contribution in [0.3, 0.4) is 0 Å². The van der Waals surface area contributed by atoms with Crippen molar-refractivity contribution in [3.05, 3.63) is 50.7 Å². The summed E-state index contributed by atoms with van der Waals surface area (Å²) in [7, 11) is 1.43. The Balaban J connectivity index is 2.24. The van der Waals surface area contributed by atoms with Crippen LogP contribution in [0, 0.1) is 6.92 Å². The Labute approximate surface area is 151 Å². The van der Waals surface area contributed by atoms with Gasteiger partial charge in [0.25, 0.3) is 11.5 Å². The molecule has 0 aliphatic heterocycles. The van der Waals surface area contributed by atoms with E-state index in [1.165, 1.54) is 11.6 Å². The van der Waals surface area contributed by atoms with E-state index >= 15 is 0 Å². The smallest absolute Gasteiger partial charge is 0.330 e. The number of amides is 1. The summed E-state index contributed by atoms with van der Waals surface area (Å²) in [4.78, 5) is 39.9. The molecular formula is C18H24N4O4. The largest absolute Gasteiger partial charge is 0.483 e. The summed E-state index contributed by atoms with van der Waals surface area (Å²) in [6.07, 6.45) is 1.59. The topological polar surface area (TPSA) is 110 Å². The molecule has 3 N–H and O–H groups in total. The summed E-state index contributed by atoms with van der Waals surface area (Å²) in [5.74, 6) is 0.106. The number of aromatic amines is 1. The van der Waals surface area contributed by atoms with Crippen molar-refractivity contribution in [1.29, 1.82) is 0 Å². The van der Waals surface area contributed by atoms with Crippen molar-refractivity contribution in [2.75, 3.05) is 24.3 Å². The second-order valence-corrected chi connectivity index (χ2v) is 6.01. The lowest BCUT2D eigenvalue weighted by molar-refractivity contribution is -0.120. The van der Waals surface area contributed by atoms with Crippen LogP contribution in [-0.4, -0.2) is 29.1 Å². The Bertz CT molecular complexity index is 901. The minimum Gasteiger partial charge on any atom is -0.483 e. The Morgan fingerprint density at radius 3 is 2.65 bits per heavy atom. The number of aryl methyl sites for hydroxylation is 1. The zero-order valence-corrected chi connectivity index (χ0v) is 15.2. The number of rotatable bonds is 7. The predicted octanol–water partition coefficient (Wildman–Crippen LogP) is 1.27. The Hall–Kier alpha value is -3.03. The van der Waals surface area contributed by atoms with Gasteiger partial charge in [0, 0.05) is 13.6 Å². The molecule has 0 atom stereocenters. The van der Waals surface area contributed by atoms with E-state index in [1.54, 1.807) is 6.07 Å². The number of benzene rings is 1. The van der Waals surface area contributed by atoms with Gasteiger partial charge in [0.15, 0.2) is 12.3 Å². The van der Waals surface area contributed by atoms with E-state index in [4.69, 9.17) is 10.5 Å². The standard InChI is InChI=1S/C18H24N4O4/c1-4-5-10-22-16(19)15(17(24)20-18(22)25)21(3)14(23)11-26-13-9-7-6-8-12(13)2/h6-9H,4-5,10-11,19H2,1-3H3,(H,20,24,25). The molecule has 2 aromatic rings. The highest BCUT2D eigenvalue weighted by Crippen LogP contribution is 2.18. The number of H-pyrrole nitrogens is 1. The second-order valence-electron chi connectivity index (χ2n) is 6.01. The van der Waals surface area contributed by atoms with E-state index in [2.05, 4.69) is 4.98 Å². The molecule has 1 amide bonds. The normalized spacial score (nSPS) is 10.6. The van der Waals surface area contributed by atoms with Crippen molar-refractivity contribution < 1.29 is 9.53 Å². The zero-order valence-electron chi connectivity index (χ0n) is 15.2. The van der Waals surface area contributed by atoms with Crippen LogP contribution in [-0.2, 0) is 11.3 Å². The fourth-order valence-corrected chi connectivity index (χ4v) is 2.52. The van der Waals surface area contributed by atoms with Crippen molar-refractivity contribution >= 4 is 17.4 Å². The number of aromatic nitrogens is 2. The van der Waals surface area contributed by atoms with Gasteiger partial charge in [-0.1, -0.05) is 31.5 Å². The molecule has 0 aliphatic carbocycles. The molecule has 1 heterocycles. The number of unbranched alkanes of at least 4 members (excludes halogenated alkanes) is 1. The van der Waals surface area contributed by atoms with E-state index in [1.807, 2.05) is 32.0 Å². The highest BCUT2D eigenvalue weighted by atomic mass is 16.5. The fraction of sp³-hybridized carbons (Fsp3) is 0.389. The molecule has 0 saturated heterocycles. The van der Waals surface area contributed by atoms with Crippen LogP contribution in [0.1, 0.15) is 25.3 Å². The van der Waals surface area contributed by atoms with Crippen LogP contribution in [0.15, 0.2) is 33.9 Å². The van der Waals surface area contributed by atoms with E-state index in [9.17, 15) is 14.4 Å². The van der Waals surface area contributed by atoms with E-state index in [0.29, 0.717) is 12.3 Å².